The molecule has 1 unspecified atom stereocenters. The summed E-state index contributed by atoms with van der Waals surface area (Å²) in [4.78, 5) is 27.0. The zero-order chi connectivity index (χ0) is 17.0. The number of methoxy groups -OCH3 is 1. The number of carboxylic acids is 1. The Morgan fingerprint density at radius 1 is 1.30 bits per heavy atom. The Morgan fingerprint density at radius 3 is 2.39 bits per heavy atom. The topological polar surface area (TPSA) is 70.1 Å². The van der Waals surface area contributed by atoms with Crippen molar-refractivity contribution in [3.63, 3.8) is 0 Å². The summed E-state index contributed by atoms with van der Waals surface area (Å²) in [5.74, 6) is -0.166. The van der Waals surface area contributed by atoms with Crippen LogP contribution in [0.1, 0.15) is 25.3 Å². The molecule has 6 nitrogen and oxygen atoms in total. The van der Waals surface area contributed by atoms with Crippen LogP contribution in [0.3, 0.4) is 0 Å². The van der Waals surface area contributed by atoms with Crippen molar-refractivity contribution in [3.05, 3.63) is 29.8 Å². The van der Waals surface area contributed by atoms with Crippen molar-refractivity contribution in [2.24, 2.45) is 0 Å². The van der Waals surface area contributed by atoms with Crippen LogP contribution in [-0.4, -0.2) is 59.6 Å². The second kappa shape index (κ2) is 7.46. The van der Waals surface area contributed by atoms with E-state index in [1.165, 1.54) is 0 Å². The Labute approximate surface area is 136 Å². The van der Waals surface area contributed by atoms with Crippen molar-refractivity contribution in [1.29, 1.82) is 0 Å². The van der Waals surface area contributed by atoms with Crippen LogP contribution in [0, 0.1) is 0 Å². The molecule has 1 aromatic rings. The Morgan fingerprint density at radius 2 is 1.91 bits per heavy atom. The van der Waals surface area contributed by atoms with E-state index in [0.29, 0.717) is 6.54 Å². The molecule has 1 saturated carbocycles. The van der Waals surface area contributed by atoms with Gasteiger partial charge < -0.3 is 14.7 Å². The number of benzene rings is 1. The fourth-order valence-electron chi connectivity index (χ4n) is 2.36. The van der Waals surface area contributed by atoms with Gasteiger partial charge in [-0.05, 0) is 44.5 Å². The maximum Gasteiger partial charge on any atom is 0.320 e. The lowest BCUT2D eigenvalue weighted by molar-refractivity contribution is -0.143. The first-order chi connectivity index (χ1) is 10.9. The third-order valence-electron chi connectivity index (χ3n) is 4.22. The number of hydrogen-bond acceptors (Lipinski definition) is 4. The van der Waals surface area contributed by atoms with Gasteiger partial charge in [-0.1, -0.05) is 12.1 Å². The molecule has 0 saturated heterocycles. The first-order valence-corrected chi connectivity index (χ1v) is 7.77. The molecule has 0 aliphatic heterocycles. The average molecular weight is 320 g/mol. The predicted molar refractivity (Wildman–Crippen MR) is 86.3 cm³/mol. The minimum absolute atomic E-state index is 0.0288. The van der Waals surface area contributed by atoms with Crippen LogP contribution >= 0.6 is 0 Å². The lowest BCUT2D eigenvalue weighted by atomic mass is 10.2. The molecule has 23 heavy (non-hydrogen) atoms. The van der Waals surface area contributed by atoms with Crippen LogP contribution in [0.4, 0.5) is 0 Å². The van der Waals surface area contributed by atoms with E-state index in [2.05, 4.69) is 0 Å². The molecule has 2 rings (SSSR count). The highest BCUT2D eigenvalue weighted by molar-refractivity contribution is 5.80. The highest BCUT2D eigenvalue weighted by atomic mass is 16.5. The van der Waals surface area contributed by atoms with Gasteiger partial charge in [-0.25, -0.2) is 0 Å². The molecule has 1 aliphatic rings. The van der Waals surface area contributed by atoms with E-state index < -0.39 is 12.0 Å². The van der Waals surface area contributed by atoms with E-state index in [4.69, 9.17) is 9.84 Å². The number of nitrogens with zero attached hydrogens (tertiary/aromatic N) is 2. The monoisotopic (exact) mass is 320 g/mol. The average Bonchev–Trinajstić information content (AvgIpc) is 3.36. The number of ether oxygens (including phenoxy) is 1. The standard InChI is InChI=1S/C17H24N2O4/c1-12(17(21)22)18(2)11-16(20)19(14-6-7-14)10-13-4-8-15(23-3)9-5-13/h4-5,8-9,12,14H,6-7,10-11H2,1-3H3,(H,21,22). The van der Waals surface area contributed by atoms with Gasteiger partial charge in [0.05, 0.1) is 13.7 Å². The summed E-state index contributed by atoms with van der Waals surface area (Å²) in [6.45, 7) is 2.24. The molecule has 1 fully saturated rings. The van der Waals surface area contributed by atoms with Gasteiger partial charge in [-0.3, -0.25) is 14.5 Å². The Kier molecular flexibility index (Phi) is 5.60. The molecule has 1 amide bonds. The number of likely N-dealkylation sites (N-methyl/N-ethyl adjacent to an activating group) is 1. The zero-order valence-electron chi connectivity index (χ0n) is 13.9. The molecule has 1 aliphatic carbocycles. The van der Waals surface area contributed by atoms with Gasteiger partial charge in [0, 0.05) is 12.6 Å². The van der Waals surface area contributed by atoms with Gasteiger partial charge >= 0.3 is 5.97 Å². The molecule has 0 aromatic heterocycles. The number of rotatable bonds is 8. The minimum atomic E-state index is -0.923. The molecular weight excluding hydrogens is 296 g/mol. The molecule has 126 valence electrons. The Balaban J connectivity index is 2.00. The Hall–Kier alpha value is -2.08. The van der Waals surface area contributed by atoms with Crippen LogP contribution in [0.25, 0.3) is 0 Å². The largest absolute Gasteiger partial charge is 0.497 e. The van der Waals surface area contributed by atoms with E-state index in [1.807, 2.05) is 29.2 Å². The molecule has 1 aromatic carbocycles. The van der Waals surface area contributed by atoms with Crippen LogP contribution in [0.5, 0.6) is 5.75 Å². The molecular formula is C17H24N2O4. The second-order valence-corrected chi connectivity index (χ2v) is 6.03. The summed E-state index contributed by atoms with van der Waals surface area (Å²) in [5, 5.41) is 9.03. The fraction of sp³-hybridized carbons (Fsp3) is 0.529. The van der Waals surface area contributed by atoms with Crippen molar-refractivity contribution in [1.82, 2.24) is 9.80 Å². The van der Waals surface area contributed by atoms with Crippen LogP contribution in [0.15, 0.2) is 24.3 Å². The third-order valence-corrected chi connectivity index (χ3v) is 4.22. The lowest BCUT2D eigenvalue weighted by Crippen LogP contribution is -2.44. The molecule has 1 N–H and O–H groups in total. The number of amides is 1. The van der Waals surface area contributed by atoms with Gasteiger partial charge in [0.2, 0.25) is 5.91 Å². The van der Waals surface area contributed by atoms with Crippen molar-refractivity contribution < 1.29 is 19.4 Å². The van der Waals surface area contributed by atoms with Gasteiger partial charge in [-0.15, -0.1) is 0 Å². The summed E-state index contributed by atoms with van der Waals surface area (Å²) < 4.78 is 5.14. The van der Waals surface area contributed by atoms with E-state index >= 15 is 0 Å². The van der Waals surface area contributed by atoms with Gasteiger partial charge in [0.15, 0.2) is 0 Å². The first-order valence-electron chi connectivity index (χ1n) is 7.77. The number of carbonyl (C=O) groups excluding carboxylic acids is 1. The second-order valence-electron chi connectivity index (χ2n) is 6.03. The number of carbonyl (C=O) groups is 2. The van der Waals surface area contributed by atoms with Gasteiger partial charge in [0.25, 0.3) is 0 Å². The molecule has 0 bridgehead atoms. The highest BCUT2D eigenvalue weighted by Crippen LogP contribution is 2.29. The van der Waals surface area contributed by atoms with Gasteiger partial charge in [-0.2, -0.15) is 0 Å². The summed E-state index contributed by atoms with van der Waals surface area (Å²) in [5.41, 5.74) is 1.04. The maximum atomic E-state index is 12.6. The Bertz CT molecular complexity index is 554. The fourth-order valence-corrected chi connectivity index (χ4v) is 2.36. The van der Waals surface area contributed by atoms with Crippen molar-refractivity contribution in [2.45, 2.75) is 38.4 Å². The molecule has 0 radical (unpaired) electrons. The van der Waals surface area contributed by atoms with Crippen molar-refractivity contribution in [2.75, 3.05) is 20.7 Å². The number of aliphatic carboxylic acids is 1. The van der Waals surface area contributed by atoms with E-state index in [-0.39, 0.29) is 18.5 Å². The number of hydrogen-bond donors (Lipinski definition) is 1. The molecule has 1 atom stereocenters. The van der Waals surface area contributed by atoms with E-state index in [9.17, 15) is 9.59 Å². The van der Waals surface area contributed by atoms with Crippen LogP contribution in [0.2, 0.25) is 0 Å². The van der Waals surface area contributed by atoms with Gasteiger partial charge in [0.1, 0.15) is 11.8 Å². The van der Waals surface area contributed by atoms with E-state index in [0.717, 1.165) is 24.2 Å². The summed E-state index contributed by atoms with van der Waals surface area (Å²) in [6.07, 6.45) is 2.03. The molecule has 6 heteroatoms. The quantitative estimate of drug-likeness (QED) is 0.788. The zero-order valence-corrected chi connectivity index (χ0v) is 13.9. The summed E-state index contributed by atoms with van der Waals surface area (Å²) in [6, 6.07) is 7.25. The number of carboxylic acid groups (broad SMARTS) is 1. The van der Waals surface area contributed by atoms with Crippen LogP contribution in [-0.2, 0) is 16.1 Å². The maximum absolute atomic E-state index is 12.6. The summed E-state index contributed by atoms with van der Waals surface area (Å²) >= 11 is 0. The third kappa shape index (κ3) is 4.69. The lowest BCUT2D eigenvalue weighted by Gasteiger charge is -2.27. The highest BCUT2D eigenvalue weighted by Gasteiger charge is 2.33. The molecule has 0 heterocycles. The summed E-state index contributed by atoms with van der Waals surface area (Å²) in [7, 11) is 3.28. The van der Waals surface area contributed by atoms with Crippen LogP contribution < -0.4 is 4.74 Å². The predicted octanol–water partition coefficient (Wildman–Crippen LogP) is 1.59. The van der Waals surface area contributed by atoms with Crippen molar-refractivity contribution >= 4 is 11.9 Å². The first kappa shape index (κ1) is 17.3. The normalized spacial score (nSPS) is 15.3. The van der Waals surface area contributed by atoms with Crippen molar-refractivity contribution in [3.8, 4) is 5.75 Å². The smallest absolute Gasteiger partial charge is 0.320 e. The SMILES string of the molecule is COc1ccc(CN(C(=O)CN(C)C(C)C(=O)O)C2CC2)cc1. The molecule has 0 spiro atoms. The minimum Gasteiger partial charge on any atom is -0.497 e. The van der Waals surface area contributed by atoms with E-state index in [1.54, 1.807) is 26.0 Å².